The Bertz CT molecular complexity index is 624. The molecule has 1 amide bonds. The van der Waals surface area contributed by atoms with Crippen LogP contribution in [0.2, 0.25) is 0 Å². The van der Waals surface area contributed by atoms with E-state index in [2.05, 4.69) is 16.4 Å². The molecule has 0 saturated heterocycles. The molecule has 1 aromatic heterocycles. The number of hydrogen-bond acceptors (Lipinski definition) is 1. The summed E-state index contributed by atoms with van der Waals surface area (Å²) in [7, 11) is 0. The van der Waals surface area contributed by atoms with Crippen molar-refractivity contribution >= 4 is 16.8 Å². The highest BCUT2D eigenvalue weighted by atomic mass is 16.1. The summed E-state index contributed by atoms with van der Waals surface area (Å²) in [5, 5.41) is 4.12. The predicted molar refractivity (Wildman–Crippen MR) is 77.2 cm³/mol. The Hall–Kier alpha value is -2.03. The highest BCUT2D eigenvalue weighted by molar-refractivity contribution is 5.97. The lowest BCUT2D eigenvalue weighted by molar-refractivity contribution is 0.0954. The normalized spacial score (nSPS) is 14.6. The van der Waals surface area contributed by atoms with Gasteiger partial charge in [0.05, 0.1) is 0 Å². The molecule has 0 atom stereocenters. The average Bonchev–Trinajstić information content (AvgIpc) is 3.08. The van der Waals surface area contributed by atoms with Gasteiger partial charge in [-0.25, -0.2) is 0 Å². The number of rotatable bonds is 4. The molecule has 3 nitrogen and oxygen atoms in total. The summed E-state index contributed by atoms with van der Waals surface area (Å²) in [6.07, 6.45) is 8.84. The zero-order valence-electron chi connectivity index (χ0n) is 10.9. The van der Waals surface area contributed by atoms with Gasteiger partial charge in [0.15, 0.2) is 0 Å². The third kappa shape index (κ3) is 2.70. The molecule has 98 valence electrons. The molecule has 1 aliphatic rings. The van der Waals surface area contributed by atoms with Gasteiger partial charge >= 0.3 is 0 Å². The van der Waals surface area contributed by atoms with Gasteiger partial charge in [-0.3, -0.25) is 4.79 Å². The van der Waals surface area contributed by atoms with Gasteiger partial charge in [-0.1, -0.05) is 17.7 Å². The minimum atomic E-state index is 0.00935. The fraction of sp³-hybridized carbons (Fsp3) is 0.312. The van der Waals surface area contributed by atoms with Crippen molar-refractivity contribution in [2.24, 2.45) is 0 Å². The number of aromatic amines is 1. The summed E-state index contributed by atoms with van der Waals surface area (Å²) in [6, 6.07) is 7.75. The molecular formula is C16H18N2O. The summed E-state index contributed by atoms with van der Waals surface area (Å²) in [5.41, 5.74) is 3.21. The molecule has 3 rings (SSSR count). The second-order valence-corrected chi connectivity index (χ2v) is 5.04. The number of nitrogens with one attached hydrogen (secondary N) is 2. The standard InChI is InChI=1S/C16H18N2O/c19-16(18-9-7-12-3-1-2-4-12)14-6-5-13-8-10-17-15(13)11-14/h3,5-6,8,10-11,17H,1-2,4,7,9H2,(H,18,19). The summed E-state index contributed by atoms with van der Waals surface area (Å²) in [5.74, 6) is 0.00935. The second-order valence-electron chi connectivity index (χ2n) is 5.04. The minimum Gasteiger partial charge on any atom is -0.361 e. The van der Waals surface area contributed by atoms with E-state index in [9.17, 15) is 4.79 Å². The van der Waals surface area contributed by atoms with Gasteiger partial charge in [-0.2, -0.15) is 0 Å². The van der Waals surface area contributed by atoms with Crippen LogP contribution in [0, 0.1) is 0 Å². The van der Waals surface area contributed by atoms with E-state index in [0.29, 0.717) is 0 Å². The molecule has 0 spiro atoms. The van der Waals surface area contributed by atoms with Crippen LogP contribution in [0.15, 0.2) is 42.1 Å². The number of aromatic nitrogens is 1. The molecule has 0 saturated carbocycles. The first-order valence-corrected chi connectivity index (χ1v) is 6.86. The van der Waals surface area contributed by atoms with E-state index in [1.165, 1.54) is 24.8 Å². The van der Waals surface area contributed by atoms with Crippen LogP contribution in [0.25, 0.3) is 10.9 Å². The van der Waals surface area contributed by atoms with Crippen molar-refractivity contribution in [1.29, 1.82) is 0 Å². The number of H-pyrrole nitrogens is 1. The number of amides is 1. The number of allylic oxidation sites excluding steroid dienone is 1. The van der Waals surface area contributed by atoms with Gasteiger partial charge in [0.1, 0.15) is 0 Å². The van der Waals surface area contributed by atoms with Gasteiger partial charge < -0.3 is 10.3 Å². The Balaban J connectivity index is 1.59. The van der Waals surface area contributed by atoms with Crippen molar-refractivity contribution in [3.05, 3.63) is 47.7 Å². The lowest BCUT2D eigenvalue weighted by Gasteiger charge is -2.06. The Morgan fingerprint density at radius 3 is 3.11 bits per heavy atom. The van der Waals surface area contributed by atoms with E-state index in [-0.39, 0.29) is 5.91 Å². The fourth-order valence-corrected chi connectivity index (χ4v) is 2.59. The van der Waals surface area contributed by atoms with Gasteiger partial charge in [-0.15, -0.1) is 0 Å². The first kappa shape index (κ1) is 12.0. The topological polar surface area (TPSA) is 44.9 Å². The summed E-state index contributed by atoms with van der Waals surface area (Å²) < 4.78 is 0. The third-order valence-electron chi connectivity index (χ3n) is 3.68. The Morgan fingerprint density at radius 2 is 2.26 bits per heavy atom. The maximum absolute atomic E-state index is 12.0. The predicted octanol–water partition coefficient (Wildman–Crippen LogP) is 3.40. The molecule has 0 bridgehead atoms. The number of carbonyl (C=O) groups is 1. The molecule has 1 aromatic carbocycles. The highest BCUT2D eigenvalue weighted by Gasteiger charge is 2.08. The lowest BCUT2D eigenvalue weighted by atomic mass is 10.1. The maximum atomic E-state index is 12.0. The minimum absolute atomic E-state index is 0.00935. The number of carbonyl (C=O) groups excluding carboxylic acids is 1. The highest BCUT2D eigenvalue weighted by Crippen LogP contribution is 2.20. The summed E-state index contributed by atoms with van der Waals surface area (Å²) in [6.45, 7) is 0.730. The van der Waals surface area contributed by atoms with Crippen molar-refractivity contribution in [1.82, 2.24) is 10.3 Å². The smallest absolute Gasteiger partial charge is 0.251 e. The van der Waals surface area contributed by atoms with Gasteiger partial charge in [0.25, 0.3) is 5.91 Å². The molecule has 0 aliphatic heterocycles. The van der Waals surface area contributed by atoms with Crippen LogP contribution < -0.4 is 5.32 Å². The zero-order chi connectivity index (χ0) is 13.1. The second kappa shape index (κ2) is 5.31. The quantitative estimate of drug-likeness (QED) is 0.807. The van der Waals surface area contributed by atoms with E-state index in [4.69, 9.17) is 0 Å². The lowest BCUT2D eigenvalue weighted by Crippen LogP contribution is -2.24. The third-order valence-corrected chi connectivity index (χ3v) is 3.68. The van der Waals surface area contributed by atoms with Crippen LogP contribution in [-0.2, 0) is 0 Å². The van der Waals surface area contributed by atoms with Crippen molar-refractivity contribution in [2.45, 2.75) is 25.7 Å². The molecule has 1 aliphatic carbocycles. The van der Waals surface area contributed by atoms with Crippen molar-refractivity contribution in [3.8, 4) is 0 Å². The zero-order valence-corrected chi connectivity index (χ0v) is 10.9. The van der Waals surface area contributed by atoms with Gasteiger partial charge in [-0.05, 0) is 49.3 Å². The number of hydrogen-bond donors (Lipinski definition) is 2. The first-order chi connectivity index (χ1) is 9.33. The molecule has 2 N–H and O–H groups in total. The molecule has 19 heavy (non-hydrogen) atoms. The molecule has 0 fully saturated rings. The van der Waals surface area contributed by atoms with Crippen LogP contribution in [0.3, 0.4) is 0 Å². The Morgan fingerprint density at radius 1 is 1.32 bits per heavy atom. The molecular weight excluding hydrogens is 236 g/mol. The van der Waals surface area contributed by atoms with Crippen LogP contribution in [0.1, 0.15) is 36.0 Å². The molecule has 1 heterocycles. The van der Waals surface area contributed by atoms with Crippen LogP contribution in [-0.4, -0.2) is 17.4 Å². The van der Waals surface area contributed by atoms with Crippen molar-refractivity contribution in [3.63, 3.8) is 0 Å². The number of fused-ring (bicyclic) bond motifs is 1. The first-order valence-electron chi connectivity index (χ1n) is 6.86. The fourth-order valence-electron chi connectivity index (χ4n) is 2.59. The van der Waals surface area contributed by atoms with Crippen LogP contribution in [0.5, 0.6) is 0 Å². The summed E-state index contributed by atoms with van der Waals surface area (Å²) >= 11 is 0. The SMILES string of the molecule is O=C(NCCC1=CCCC1)c1ccc2cc[nH]c2c1. The molecule has 0 radical (unpaired) electrons. The van der Waals surface area contributed by atoms with Crippen LogP contribution in [0.4, 0.5) is 0 Å². The van der Waals surface area contributed by atoms with E-state index >= 15 is 0 Å². The molecule has 0 unspecified atom stereocenters. The maximum Gasteiger partial charge on any atom is 0.251 e. The van der Waals surface area contributed by atoms with Crippen molar-refractivity contribution < 1.29 is 4.79 Å². The van der Waals surface area contributed by atoms with E-state index in [1.54, 1.807) is 0 Å². The average molecular weight is 254 g/mol. The Labute approximate surface area is 112 Å². The summed E-state index contributed by atoms with van der Waals surface area (Å²) in [4.78, 5) is 15.2. The Kier molecular flexibility index (Phi) is 3.36. The monoisotopic (exact) mass is 254 g/mol. The van der Waals surface area contributed by atoms with E-state index in [0.717, 1.165) is 29.4 Å². The number of benzene rings is 1. The molecule has 3 heteroatoms. The van der Waals surface area contributed by atoms with E-state index < -0.39 is 0 Å². The van der Waals surface area contributed by atoms with E-state index in [1.807, 2.05) is 30.5 Å². The molecule has 2 aromatic rings. The van der Waals surface area contributed by atoms with Gasteiger partial charge in [0.2, 0.25) is 0 Å². The van der Waals surface area contributed by atoms with Gasteiger partial charge in [0, 0.05) is 23.8 Å². The van der Waals surface area contributed by atoms with Crippen molar-refractivity contribution in [2.75, 3.05) is 6.54 Å². The largest absolute Gasteiger partial charge is 0.361 e. The van der Waals surface area contributed by atoms with Crippen LogP contribution >= 0.6 is 0 Å².